The minimum Gasteiger partial charge on any atom is -0.308 e. The van der Waals surface area contributed by atoms with E-state index in [9.17, 15) is 14.4 Å². The van der Waals surface area contributed by atoms with Crippen LogP contribution in [-0.2, 0) is 20.8 Å². The normalized spacial score (nSPS) is 10.5. The Morgan fingerprint density at radius 2 is 1.73 bits per heavy atom. The molecule has 0 bridgehead atoms. The van der Waals surface area contributed by atoms with E-state index in [1.54, 1.807) is 18.2 Å². The second-order valence-electron chi connectivity index (χ2n) is 5.89. The van der Waals surface area contributed by atoms with Gasteiger partial charge in [0, 0.05) is 19.2 Å². The van der Waals surface area contributed by atoms with E-state index >= 15 is 0 Å². The van der Waals surface area contributed by atoms with E-state index in [2.05, 4.69) is 15.5 Å². The van der Waals surface area contributed by atoms with Crippen LogP contribution in [0.2, 0.25) is 0 Å². The third-order valence-electron chi connectivity index (χ3n) is 3.90. The molecule has 1 aromatic heterocycles. The number of aromatic amines is 1. The molecular weight excluding hydrogens is 332 g/mol. The highest BCUT2D eigenvalue weighted by molar-refractivity contribution is 6.14. The van der Waals surface area contributed by atoms with E-state index in [4.69, 9.17) is 0 Å². The first-order valence-corrected chi connectivity index (χ1v) is 8.09. The number of aromatic nitrogens is 2. The van der Waals surface area contributed by atoms with Crippen LogP contribution in [0.15, 0.2) is 48.5 Å². The summed E-state index contributed by atoms with van der Waals surface area (Å²) >= 11 is 0. The summed E-state index contributed by atoms with van der Waals surface area (Å²) in [5.74, 6) is -0.607. The van der Waals surface area contributed by atoms with Gasteiger partial charge in [-0.2, -0.15) is 5.10 Å². The standard InChI is InChI=1S/C19H18N4O3/c1-12(24)23(13(2)25)15-8-9-17-16(11-15)19(22-21-17)20-18(26)10-14-6-4-3-5-7-14/h3-9,11H,10H2,1-2H3,(H2,20,21,22,26). The van der Waals surface area contributed by atoms with Gasteiger partial charge in [-0.3, -0.25) is 24.4 Å². The quantitative estimate of drug-likeness (QED) is 0.756. The van der Waals surface area contributed by atoms with Crippen molar-refractivity contribution in [2.75, 3.05) is 10.2 Å². The van der Waals surface area contributed by atoms with E-state index in [1.165, 1.54) is 13.8 Å². The monoisotopic (exact) mass is 350 g/mol. The SMILES string of the molecule is CC(=O)N(C(C)=O)c1ccc2[nH]nc(NC(=O)Cc3ccccc3)c2c1. The number of imide groups is 1. The number of carbonyl (C=O) groups excluding carboxylic acids is 3. The van der Waals surface area contributed by atoms with Crippen molar-refractivity contribution in [1.82, 2.24) is 10.2 Å². The van der Waals surface area contributed by atoms with Gasteiger partial charge in [0.25, 0.3) is 0 Å². The third kappa shape index (κ3) is 3.61. The van der Waals surface area contributed by atoms with Gasteiger partial charge >= 0.3 is 0 Å². The number of amides is 3. The number of benzene rings is 2. The van der Waals surface area contributed by atoms with Crippen LogP contribution in [-0.4, -0.2) is 27.9 Å². The fourth-order valence-corrected chi connectivity index (χ4v) is 2.78. The highest BCUT2D eigenvalue weighted by Crippen LogP contribution is 2.26. The van der Waals surface area contributed by atoms with Crippen LogP contribution in [0.25, 0.3) is 10.9 Å². The largest absolute Gasteiger partial charge is 0.308 e. The summed E-state index contributed by atoms with van der Waals surface area (Å²) in [6.07, 6.45) is 0.224. The van der Waals surface area contributed by atoms with Crippen LogP contribution in [0.4, 0.5) is 11.5 Å². The van der Waals surface area contributed by atoms with Crippen molar-refractivity contribution < 1.29 is 14.4 Å². The van der Waals surface area contributed by atoms with Crippen LogP contribution in [0.1, 0.15) is 19.4 Å². The van der Waals surface area contributed by atoms with Crippen molar-refractivity contribution in [3.05, 3.63) is 54.1 Å². The Bertz CT molecular complexity index is 965. The molecule has 3 rings (SSSR count). The molecule has 3 amide bonds. The van der Waals surface area contributed by atoms with Crippen LogP contribution in [0, 0.1) is 0 Å². The highest BCUT2D eigenvalue weighted by atomic mass is 16.2. The zero-order chi connectivity index (χ0) is 18.7. The van der Waals surface area contributed by atoms with Gasteiger partial charge in [0.2, 0.25) is 17.7 Å². The number of H-pyrrole nitrogens is 1. The molecular formula is C19H18N4O3. The maximum atomic E-state index is 12.3. The average Bonchev–Trinajstić information content (AvgIpc) is 2.97. The molecule has 26 heavy (non-hydrogen) atoms. The molecule has 0 saturated heterocycles. The fraction of sp³-hybridized carbons (Fsp3) is 0.158. The first-order chi connectivity index (χ1) is 12.5. The Balaban J connectivity index is 1.87. The second kappa shape index (κ2) is 7.18. The van der Waals surface area contributed by atoms with Crippen LogP contribution < -0.4 is 10.2 Å². The molecule has 3 aromatic rings. The summed E-state index contributed by atoms with van der Waals surface area (Å²) in [6.45, 7) is 2.65. The lowest BCUT2D eigenvalue weighted by atomic mass is 10.1. The molecule has 2 N–H and O–H groups in total. The van der Waals surface area contributed by atoms with E-state index < -0.39 is 0 Å². The van der Waals surface area contributed by atoms with Crippen LogP contribution in [0.3, 0.4) is 0 Å². The number of nitrogens with zero attached hydrogens (tertiary/aromatic N) is 2. The van der Waals surface area contributed by atoms with Crippen molar-refractivity contribution in [3.8, 4) is 0 Å². The molecule has 1 heterocycles. The first kappa shape index (κ1) is 17.3. The summed E-state index contributed by atoms with van der Waals surface area (Å²) in [7, 11) is 0. The molecule has 0 saturated carbocycles. The Hall–Kier alpha value is -3.48. The molecule has 0 aliphatic carbocycles. The first-order valence-electron chi connectivity index (χ1n) is 8.09. The number of hydrogen-bond acceptors (Lipinski definition) is 4. The third-order valence-corrected chi connectivity index (χ3v) is 3.90. The number of hydrogen-bond donors (Lipinski definition) is 2. The maximum Gasteiger partial charge on any atom is 0.230 e. The molecule has 0 fully saturated rings. The van der Waals surface area contributed by atoms with Crippen molar-refractivity contribution in [2.45, 2.75) is 20.3 Å². The summed E-state index contributed by atoms with van der Waals surface area (Å²) in [4.78, 5) is 36.8. The van der Waals surface area contributed by atoms with Gasteiger partial charge < -0.3 is 5.32 Å². The van der Waals surface area contributed by atoms with E-state index in [0.29, 0.717) is 22.4 Å². The predicted octanol–water partition coefficient (Wildman–Crippen LogP) is 2.64. The Kier molecular flexibility index (Phi) is 4.79. The van der Waals surface area contributed by atoms with Crippen molar-refractivity contribution >= 4 is 40.1 Å². The number of rotatable bonds is 4. The lowest BCUT2D eigenvalue weighted by Crippen LogP contribution is -2.32. The van der Waals surface area contributed by atoms with Gasteiger partial charge in [-0.05, 0) is 23.8 Å². The summed E-state index contributed by atoms with van der Waals surface area (Å²) in [5.41, 5.74) is 2.01. The molecule has 0 atom stereocenters. The van der Waals surface area contributed by atoms with E-state index in [1.807, 2.05) is 30.3 Å². The van der Waals surface area contributed by atoms with Crippen molar-refractivity contribution in [2.24, 2.45) is 0 Å². The molecule has 7 nitrogen and oxygen atoms in total. The summed E-state index contributed by atoms with van der Waals surface area (Å²) < 4.78 is 0. The summed E-state index contributed by atoms with van der Waals surface area (Å²) in [6, 6.07) is 14.4. The zero-order valence-corrected chi connectivity index (χ0v) is 14.4. The Morgan fingerprint density at radius 3 is 2.38 bits per heavy atom. The molecule has 0 radical (unpaired) electrons. The van der Waals surface area contributed by atoms with Gasteiger partial charge in [0.05, 0.1) is 17.6 Å². The molecule has 0 unspecified atom stereocenters. The second-order valence-corrected chi connectivity index (χ2v) is 5.89. The van der Waals surface area contributed by atoms with Crippen LogP contribution in [0.5, 0.6) is 0 Å². The minimum atomic E-state index is -0.380. The maximum absolute atomic E-state index is 12.3. The van der Waals surface area contributed by atoms with Gasteiger partial charge in [0.15, 0.2) is 5.82 Å². The number of anilines is 2. The van der Waals surface area contributed by atoms with Crippen molar-refractivity contribution in [1.29, 1.82) is 0 Å². The minimum absolute atomic E-state index is 0.204. The molecule has 2 aromatic carbocycles. The fourth-order valence-electron chi connectivity index (χ4n) is 2.78. The zero-order valence-electron chi connectivity index (χ0n) is 14.4. The van der Waals surface area contributed by atoms with Crippen LogP contribution >= 0.6 is 0 Å². The molecule has 7 heteroatoms. The lowest BCUT2D eigenvalue weighted by molar-refractivity contribution is -0.124. The Morgan fingerprint density at radius 1 is 1.04 bits per heavy atom. The van der Waals surface area contributed by atoms with E-state index in [0.717, 1.165) is 10.5 Å². The van der Waals surface area contributed by atoms with Gasteiger partial charge in [-0.15, -0.1) is 0 Å². The number of carbonyl (C=O) groups is 3. The molecule has 0 spiro atoms. The lowest BCUT2D eigenvalue weighted by Gasteiger charge is -2.17. The molecule has 0 aliphatic rings. The number of nitrogens with one attached hydrogen (secondary N) is 2. The van der Waals surface area contributed by atoms with E-state index in [-0.39, 0.29) is 24.1 Å². The smallest absolute Gasteiger partial charge is 0.230 e. The Labute approximate surface area is 150 Å². The molecule has 0 aliphatic heterocycles. The van der Waals surface area contributed by atoms with Gasteiger partial charge in [-0.25, -0.2) is 0 Å². The highest BCUT2D eigenvalue weighted by Gasteiger charge is 2.18. The average molecular weight is 350 g/mol. The predicted molar refractivity (Wildman–Crippen MR) is 98.7 cm³/mol. The summed E-state index contributed by atoms with van der Waals surface area (Å²) in [5, 5.41) is 10.3. The van der Waals surface area contributed by atoms with Gasteiger partial charge in [-0.1, -0.05) is 30.3 Å². The van der Waals surface area contributed by atoms with Gasteiger partial charge in [0.1, 0.15) is 0 Å². The number of fused-ring (bicyclic) bond motifs is 1. The topological polar surface area (TPSA) is 95.2 Å². The van der Waals surface area contributed by atoms with Crippen molar-refractivity contribution in [3.63, 3.8) is 0 Å². The molecule has 132 valence electrons.